The van der Waals surface area contributed by atoms with Crippen LogP contribution in [0.5, 0.6) is 0 Å². The van der Waals surface area contributed by atoms with Gasteiger partial charge in [-0.25, -0.2) is 17.9 Å². The number of nitrogens with zero attached hydrogens (tertiary/aromatic N) is 1. The number of carboxylic acids is 1. The van der Waals surface area contributed by atoms with Crippen molar-refractivity contribution in [3.63, 3.8) is 0 Å². The van der Waals surface area contributed by atoms with Gasteiger partial charge in [-0.2, -0.15) is 0 Å². The maximum absolute atomic E-state index is 13.1. The van der Waals surface area contributed by atoms with Crippen LogP contribution in [0.2, 0.25) is 0 Å². The predicted molar refractivity (Wildman–Crippen MR) is 114 cm³/mol. The van der Waals surface area contributed by atoms with Gasteiger partial charge in [0.05, 0.1) is 10.5 Å². The van der Waals surface area contributed by atoms with E-state index in [1.807, 2.05) is 56.7 Å². The van der Waals surface area contributed by atoms with Crippen LogP contribution >= 0.6 is 0 Å². The highest BCUT2D eigenvalue weighted by Gasteiger charge is 2.23. The molecule has 0 saturated carbocycles. The Bertz CT molecular complexity index is 1160. The van der Waals surface area contributed by atoms with E-state index in [0.29, 0.717) is 17.9 Å². The predicted octanol–water partition coefficient (Wildman–Crippen LogP) is 4.02. The molecule has 0 amide bonds. The molecule has 1 aromatic heterocycles. The average Bonchev–Trinajstić information content (AvgIpc) is 3.01. The van der Waals surface area contributed by atoms with Crippen LogP contribution in [0.15, 0.2) is 47.5 Å². The Kier molecular flexibility index (Phi) is 5.82. The van der Waals surface area contributed by atoms with E-state index in [1.54, 1.807) is 18.2 Å². The van der Waals surface area contributed by atoms with Crippen LogP contribution in [0.1, 0.15) is 40.4 Å². The van der Waals surface area contributed by atoms with Crippen LogP contribution in [0.4, 0.5) is 0 Å². The van der Waals surface area contributed by atoms with Gasteiger partial charge in [0.25, 0.3) is 0 Å². The average molecular weight is 415 g/mol. The minimum absolute atomic E-state index is 0.206. The fourth-order valence-corrected chi connectivity index (χ4v) is 5.60. The van der Waals surface area contributed by atoms with Gasteiger partial charge >= 0.3 is 5.97 Å². The molecule has 0 unspecified atom stereocenters. The Labute approximate surface area is 171 Å². The normalized spacial score (nSPS) is 13.0. The molecule has 0 aliphatic rings. The number of aryl methyl sites for hydroxylation is 3. The summed E-state index contributed by atoms with van der Waals surface area (Å²) < 4.78 is 30.9. The molecule has 6 nitrogen and oxygen atoms in total. The SMILES string of the molecule is CC[C@@H](Cn1ccc2ccc(C(=O)O)cc21)NS(=O)(=O)c1c(C)cc(C)cc1C. The topological polar surface area (TPSA) is 88.4 Å². The number of hydrogen-bond donors (Lipinski definition) is 2. The molecule has 1 heterocycles. The largest absolute Gasteiger partial charge is 0.478 e. The van der Waals surface area contributed by atoms with Crippen LogP contribution in [0.25, 0.3) is 10.9 Å². The molecule has 29 heavy (non-hydrogen) atoms. The highest BCUT2D eigenvalue weighted by Crippen LogP contribution is 2.23. The Morgan fingerprint density at radius 1 is 1.10 bits per heavy atom. The van der Waals surface area contributed by atoms with Gasteiger partial charge in [-0.3, -0.25) is 0 Å². The molecular weight excluding hydrogens is 388 g/mol. The number of rotatable bonds is 7. The number of aromatic carboxylic acids is 1. The van der Waals surface area contributed by atoms with Crippen molar-refractivity contribution in [2.24, 2.45) is 0 Å². The van der Waals surface area contributed by atoms with Gasteiger partial charge in [0.15, 0.2) is 0 Å². The lowest BCUT2D eigenvalue weighted by atomic mass is 10.1. The van der Waals surface area contributed by atoms with E-state index in [2.05, 4.69) is 4.72 Å². The van der Waals surface area contributed by atoms with Crippen LogP contribution in [-0.4, -0.2) is 30.1 Å². The summed E-state index contributed by atoms with van der Waals surface area (Å²) in [4.78, 5) is 11.6. The summed E-state index contributed by atoms with van der Waals surface area (Å²) in [5.41, 5.74) is 3.45. The first-order chi connectivity index (χ1) is 13.6. The summed E-state index contributed by atoms with van der Waals surface area (Å²) >= 11 is 0. The van der Waals surface area contributed by atoms with Crippen molar-refractivity contribution in [2.75, 3.05) is 0 Å². The molecule has 3 aromatic rings. The van der Waals surface area contributed by atoms with E-state index >= 15 is 0 Å². The van der Waals surface area contributed by atoms with E-state index in [1.165, 1.54) is 0 Å². The molecular formula is C22H26N2O4S. The van der Waals surface area contributed by atoms with Crippen molar-refractivity contribution in [3.8, 4) is 0 Å². The van der Waals surface area contributed by atoms with Gasteiger partial charge in [-0.15, -0.1) is 0 Å². The Balaban J connectivity index is 1.91. The summed E-state index contributed by atoms with van der Waals surface area (Å²) in [5.74, 6) is -0.988. The number of carboxylic acid groups (broad SMARTS) is 1. The van der Waals surface area contributed by atoms with Crippen molar-refractivity contribution in [1.82, 2.24) is 9.29 Å². The van der Waals surface area contributed by atoms with E-state index in [9.17, 15) is 18.3 Å². The minimum Gasteiger partial charge on any atom is -0.478 e. The van der Waals surface area contributed by atoms with Crippen LogP contribution < -0.4 is 4.72 Å². The van der Waals surface area contributed by atoms with Crippen molar-refractivity contribution in [2.45, 2.75) is 51.6 Å². The van der Waals surface area contributed by atoms with Crippen molar-refractivity contribution < 1.29 is 18.3 Å². The molecule has 2 N–H and O–H groups in total. The smallest absolute Gasteiger partial charge is 0.335 e. The van der Waals surface area contributed by atoms with Crippen molar-refractivity contribution in [3.05, 3.63) is 64.8 Å². The highest BCUT2D eigenvalue weighted by molar-refractivity contribution is 7.89. The maximum atomic E-state index is 13.1. The fourth-order valence-electron chi connectivity index (χ4n) is 3.83. The molecule has 0 bridgehead atoms. The molecule has 0 radical (unpaired) electrons. The van der Waals surface area contributed by atoms with Crippen molar-refractivity contribution in [1.29, 1.82) is 0 Å². The molecule has 3 rings (SSSR count). The molecule has 154 valence electrons. The molecule has 0 fully saturated rings. The van der Waals surface area contributed by atoms with E-state index in [4.69, 9.17) is 0 Å². The summed E-state index contributed by atoms with van der Waals surface area (Å²) in [7, 11) is -3.69. The minimum atomic E-state index is -3.69. The lowest BCUT2D eigenvalue weighted by molar-refractivity contribution is 0.0697. The lowest BCUT2D eigenvalue weighted by Gasteiger charge is -2.20. The Morgan fingerprint density at radius 3 is 2.34 bits per heavy atom. The third kappa shape index (κ3) is 4.36. The van der Waals surface area contributed by atoms with Crippen molar-refractivity contribution >= 4 is 26.9 Å². The lowest BCUT2D eigenvalue weighted by Crippen LogP contribution is -2.38. The van der Waals surface area contributed by atoms with Gasteiger partial charge in [0.1, 0.15) is 0 Å². The molecule has 7 heteroatoms. The molecule has 0 aliphatic carbocycles. The Morgan fingerprint density at radius 2 is 1.76 bits per heavy atom. The molecule has 0 aliphatic heterocycles. The number of hydrogen-bond acceptors (Lipinski definition) is 3. The van der Waals surface area contributed by atoms with E-state index < -0.39 is 16.0 Å². The zero-order valence-corrected chi connectivity index (χ0v) is 17.9. The van der Waals surface area contributed by atoms with Crippen LogP contribution in [0, 0.1) is 20.8 Å². The molecule has 1 atom stereocenters. The second-order valence-electron chi connectivity index (χ2n) is 7.50. The zero-order valence-electron chi connectivity index (χ0n) is 17.1. The van der Waals surface area contributed by atoms with Crippen LogP contribution in [0.3, 0.4) is 0 Å². The summed E-state index contributed by atoms with van der Waals surface area (Å²) in [5, 5.41) is 10.2. The van der Waals surface area contributed by atoms with Gasteiger partial charge in [0, 0.05) is 24.3 Å². The standard InChI is InChI=1S/C22H26N2O4S/c1-5-19(23-29(27,28)21-15(3)10-14(2)11-16(21)4)13-24-9-8-17-6-7-18(22(25)26)12-20(17)24/h6-12,19,23H,5,13H2,1-4H3,(H,25,26)/t19-/m0/s1. The van der Waals surface area contributed by atoms with Gasteiger partial charge in [-0.05, 0) is 61.9 Å². The number of benzene rings is 2. The second-order valence-corrected chi connectivity index (χ2v) is 9.15. The Hall–Kier alpha value is -2.64. The first-order valence-electron chi connectivity index (χ1n) is 9.54. The summed E-state index contributed by atoms with van der Waals surface area (Å²) in [6.45, 7) is 7.90. The third-order valence-corrected chi connectivity index (χ3v) is 6.95. The fraction of sp³-hybridized carbons (Fsp3) is 0.318. The first-order valence-corrected chi connectivity index (χ1v) is 11.0. The number of fused-ring (bicyclic) bond motifs is 1. The van der Waals surface area contributed by atoms with Crippen LogP contribution in [-0.2, 0) is 16.6 Å². The zero-order chi connectivity index (χ0) is 21.3. The van der Waals surface area contributed by atoms with Gasteiger partial charge in [0.2, 0.25) is 10.0 Å². The van der Waals surface area contributed by atoms with Gasteiger partial charge < -0.3 is 9.67 Å². The summed E-state index contributed by atoms with van der Waals surface area (Å²) in [6, 6.07) is 10.3. The first kappa shape index (κ1) is 21.1. The van der Waals surface area contributed by atoms with Gasteiger partial charge in [-0.1, -0.05) is 30.7 Å². The second kappa shape index (κ2) is 8.00. The number of aromatic nitrogens is 1. The maximum Gasteiger partial charge on any atom is 0.335 e. The summed E-state index contributed by atoms with van der Waals surface area (Å²) in [6.07, 6.45) is 2.46. The molecule has 0 saturated heterocycles. The van der Waals surface area contributed by atoms with E-state index in [0.717, 1.165) is 27.6 Å². The quantitative estimate of drug-likeness (QED) is 0.611. The van der Waals surface area contributed by atoms with E-state index in [-0.39, 0.29) is 11.6 Å². The molecule has 0 spiro atoms. The third-order valence-electron chi connectivity index (χ3n) is 5.13. The molecule has 2 aromatic carbocycles. The monoisotopic (exact) mass is 414 g/mol. The highest BCUT2D eigenvalue weighted by atomic mass is 32.2. The number of sulfonamides is 1. The number of nitrogens with one attached hydrogen (secondary N) is 1. The number of carbonyl (C=O) groups is 1.